The number of aliphatic carboxylic acids is 1. The minimum Gasteiger partial charge on any atom is -0.494 e. The Morgan fingerprint density at radius 2 is 1.94 bits per heavy atom. The molecule has 0 unspecified atom stereocenters. The lowest BCUT2D eigenvalue weighted by molar-refractivity contribution is -0.136. The molecule has 0 saturated heterocycles. The number of amides is 1. The third-order valence-corrected chi connectivity index (χ3v) is 2.21. The first-order chi connectivity index (χ1) is 8.63. The maximum Gasteiger partial charge on any atom is 0.305 e. The van der Waals surface area contributed by atoms with Crippen LogP contribution in [0.3, 0.4) is 0 Å². The number of hydrogen-bond donors (Lipinski definition) is 2. The monoisotopic (exact) mass is 251 g/mol. The number of benzene rings is 1. The van der Waals surface area contributed by atoms with Crippen LogP contribution >= 0.6 is 0 Å². The fraction of sp³-hybridized carbons (Fsp3) is 0.385. The van der Waals surface area contributed by atoms with Crippen molar-refractivity contribution in [1.82, 2.24) is 5.32 Å². The molecule has 5 nitrogen and oxygen atoms in total. The largest absolute Gasteiger partial charge is 0.494 e. The third-order valence-electron chi connectivity index (χ3n) is 2.21. The second kappa shape index (κ2) is 7.32. The number of rotatable bonds is 7. The number of carbonyl (C=O) groups is 2. The van der Waals surface area contributed by atoms with Crippen LogP contribution in [-0.4, -0.2) is 30.1 Å². The summed E-state index contributed by atoms with van der Waals surface area (Å²) in [5.74, 6) is -0.490. The van der Waals surface area contributed by atoms with Crippen molar-refractivity contribution in [1.29, 1.82) is 0 Å². The van der Waals surface area contributed by atoms with Crippen molar-refractivity contribution in [2.75, 3.05) is 13.2 Å². The van der Waals surface area contributed by atoms with Gasteiger partial charge in [0.1, 0.15) is 5.75 Å². The summed E-state index contributed by atoms with van der Waals surface area (Å²) in [6.45, 7) is 2.79. The summed E-state index contributed by atoms with van der Waals surface area (Å²) in [6.07, 6.45) is 0.848. The van der Waals surface area contributed by atoms with Crippen LogP contribution in [0.4, 0.5) is 0 Å². The first kappa shape index (κ1) is 14.0. The van der Waals surface area contributed by atoms with Gasteiger partial charge in [0.25, 0.3) is 5.91 Å². The fourth-order valence-electron chi connectivity index (χ4n) is 1.31. The molecule has 0 aliphatic rings. The van der Waals surface area contributed by atoms with E-state index in [4.69, 9.17) is 9.84 Å². The van der Waals surface area contributed by atoms with Crippen molar-refractivity contribution in [2.24, 2.45) is 0 Å². The van der Waals surface area contributed by atoms with Gasteiger partial charge in [-0.2, -0.15) is 0 Å². The van der Waals surface area contributed by atoms with Crippen molar-refractivity contribution >= 4 is 11.9 Å². The van der Waals surface area contributed by atoms with Gasteiger partial charge >= 0.3 is 5.97 Å². The molecule has 0 radical (unpaired) electrons. The van der Waals surface area contributed by atoms with Crippen LogP contribution in [0.1, 0.15) is 30.1 Å². The van der Waals surface area contributed by atoms with E-state index in [1.165, 1.54) is 0 Å². The summed E-state index contributed by atoms with van der Waals surface area (Å²) < 4.78 is 5.39. The lowest BCUT2D eigenvalue weighted by Crippen LogP contribution is -2.25. The molecule has 98 valence electrons. The molecule has 1 aromatic carbocycles. The molecule has 0 atom stereocenters. The molecule has 0 heterocycles. The maximum absolute atomic E-state index is 11.6. The third kappa shape index (κ3) is 4.86. The topological polar surface area (TPSA) is 75.6 Å². The molecule has 1 aromatic rings. The average Bonchev–Trinajstić information content (AvgIpc) is 2.36. The normalized spacial score (nSPS) is 9.83. The molecule has 0 saturated carbocycles. The number of carbonyl (C=O) groups excluding carboxylic acids is 1. The van der Waals surface area contributed by atoms with E-state index >= 15 is 0 Å². The quantitative estimate of drug-likeness (QED) is 0.773. The molecule has 0 fully saturated rings. The van der Waals surface area contributed by atoms with E-state index in [0.29, 0.717) is 12.2 Å². The Labute approximate surface area is 106 Å². The van der Waals surface area contributed by atoms with Gasteiger partial charge in [0.15, 0.2) is 0 Å². The van der Waals surface area contributed by atoms with Crippen molar-refractivity contribution in [3.05, 3.63) is 29.8 Å². The highest BCUT2D eigenvalue weighted by molar-refractivity contribution is 5.94. The fourth-order valence-corrected chi connectivity index (χ4v) is 1.31. The van der Waals surface area contributed by atoms with Crippen LogP contribution in [-0.2, 0) is 4.79 Å². The van der Waals surface area contributed by atoms with E-state index in [0.717, 1.165) is 12.2 Å². The van der Waals surface area contributed by atoms with Crippen molar-refractivity contribution in [3.8, 4) is 5.75 Å². The van der Waals surface area contributed by atoms with Gasteiger partial charge in [-0.05, 0) is 30.7 Å². The number of ether oxygens (including phenoxy) is 1. The van der Waals surface area contributed by atoms with Gasteiger partial charge in [-0.25, -0.2) is 0 Å². The Morgan fingerprint density at radius 1 is 1.28 bits per heavy atom. The zero-order chi connectivity index (χ0) is 13.4. The molecule has 0 aliphatic heterocycles. The van der Waals surface area contributed by atoms with Crippen LogP contribution in [0.15, 0.2) is 24.3 Å². The molecule has 1 amide bonds. The maximum atomic E-state index is 11.6. The predicted molar refractivity (Wildman–Crippen MR) is 66.8 cm³/mol. The van der Waals surface area contributed by atoms with Gasteiger partial charge in [-0.15, -0.1) is 0 Å². The zero-order valence-corrected chi connectivity index (χ0v) is 10.3. The summed E-state index contributed by atoms with van der Waals surface area (Å²) >= 11 is 0. The summed E-state index contributed by atoms with van der Waals surface area (Å²) in [5.41, 5.74) is 0.490. The van der Waals surface area contributed by atoms with Gasteiger partial charge in [-0.3, -0.25) is 9.59 Å². The molecule has 2 N–H and O–H groups in total. The summed E-state index contributed by atoms with van der Waals surface area (Å²) in [7, 11) is 0. The van der Waals surface area contributed by atoms with E-state index in [1.807, 2.05) is 6.92 Å². The molecule has 5 heteroatoms. The highest BCUT2D eigenvalue weighted by atomic mass is 16.5. The van der Waals surface area contributed by atoms with Crippen LogP contribution in [0, 0.1) is 0 Å². The van der Waals surface area contributed by atoms with Crippen molar-refractivity contribution < 1.29 is 19.4 Å². The Kier molecular flexibility index (Phi) is 5.70. The van der Waals surface area contributed by atoms with Crippen LogP contribution < -0.4 is 10.1 Å². The van der Waals surface area contributed by atoms with E-state index in [9.17, 15) is 9.59 Å². The molecule has 1 rings (SSSR count). The van der Waals surface area contributed by atoms with Gasteiger partial charge < -0.3 is 15.2 Å². The van der Waals surface area contributed by atoms with Gasteiger partial charge in [0, 0.05) is 12.1 Å². The van der Waals surface area contributed by atoms with Gasteiger partial charge in [0.05, 0.1) is 13.0 Å². The molecular weight excluding hydrogens is 234 g/mol. The smallest absolute Gasteiger partial charge is 0.305 e. The standard InChI is InChI=1S/C13H17NO4/c1-2-9-18-11-5-3-10(4-6-11)13(17)14-8-7-12(15)16/h3-6H,2,7-9H2,1H3,(H,14,17)(H,15,16). The Balaban J connectivity index is 2.46. The Bertz CT molecular complexity index is 400. The first-order valence-corrected chi connectivity index (χ1v) is 5.86. The second-order valence-corrected chi connectivity index (χ2v) is 3.77. The van der Waals surface area contributed by atoms with E-state index in [2.05, 4.69) is 5.32 Å². The molecule has 0 aromatic heterocycles. The Morgan fingerprint density at radius 3 is 2.50 bits per heavy atom. The summed E-state index contributed by atoms with van der Waals surface area (Å²) in [5, 5.41) is 11.0. The minimum atomic E-state index is -0.932. The average molecular weight is 251 g/mol. The molecule has 18 heavy (non-hydrogen) atoms. The van der Waals surface area contributed by atoms with E-state index in [1.54, 1.807) is 24.3 Å². The number of nitrogens with one attached hydrogen (secondary N) is 1. The number of hydrogen-bond acceptors (Lipinski definition) is 3. The highest BCUT2D eigenvalue weighted by Crippen LogP contribution is 2.12. The van der Waals surface area contributed by atoms with E-state index < -0.39 is 5.97 Å². The van der Waals surface area contributed by atoms with Gasteiger partial charge in [0.2, 0.25) is 0 Å². The number of carboxylic acid groups (broad SMARTS) is 1. The van der Waals surface area contributed by atoms with E-state index in [-0.39, 0.29) is 18.9 Å². The summed E-state index contributed by atoms with van der Waals surface area (Å²) in [6, 6.07) is 6.76. The van der Waals surface area contributed by atoms with Gasteiger partial charge in [-0.1, -0.05) is 6.92 Å². The molecule has 0 spiro atoms. The van der Waals surface area contributed by atoms with Crippen molar-refractivity contribution in [2.45, 2.75) is 19.8 Å². The van der Waals surface area contributed by atoms with Crippen LogP contribution in [0.2, 0.25) is 0 Å². The predicted octanol–water partition coefficient (Wildman–Crippen LogP) is 1.68. The lowest BCUT2D eigenvalue weighted by Gasteiger charge is -2.06. The zero-order valence-electron chi connectivity index (χ0n) is 10.3. The lowest BCUT2D eigenvalue weighted by atomic mass is 10.2. The first-order valence-electron chi connectivity index (χ1n) is 5.86. The van der Waals surface area contributed by atoms with Crippen molar-refractivity contribution in [3.63, 3.8) is 0 Å². The number of carboxylic acids is 1. The Hall–Kier alpha value is -2.04. The SMILES string of the molecule is CCCOc1ccc(C(=O)NCCC(=O)O)cc1. The minimum absolute atomic E-state index is 0.0799. The molecular formula is C13H17NO4. The van der Waals surface area contributed by atoms with Crippen LogP contribution in [0.5, 0.6) is 5.75 Å². The second-order valence-electron chi connectivity index (χ2n) is 3.77. The molecule has 0 aliphatic carbocycles. The highest BCUT2D eigenvalue weighted by Gasteiger charge is 2.06. The summed E-state index contributed by atoms with van der Waals surface area (Å²) in [4.78, 5) is 21.9. The molecule has 0 bridgehead atoms. The van der Waals surface area contributed by atoms with Crippen LogP contribution in [0.25, 0.3) is 0 Å².